The Balaban J connectivity index is 1.04. The maximum absolute atomic E-state index is 6.66. The SMILES string of the molecule is c1ccc(-c2ccc3oc4cccc(N(c5ccc(-c6ccc7oc8ccccc8c7c6)cc5)c5cccc(C6(c7ccccc7)c7ccccc7-c7ccccc76)c5)c4c3c2)cc1. The minimum Gasteiger partial charge on any atom is -0.456 e. The van der Waals surface area contributed by atoms with E-state index in [0.717, 1.165) is 77.6 Å². The van der Waals surface area contributed by atoms with Crippen LogP contribution in [0.2, 0.25) is 0 Å². The molecule has 0 saturated carbocycles. The Bertz CT molecular complexity index is 3680. The molecule has 12 aromatic rings. The largest absolute Gasteiger partial charge is 0.456 e. The highest BCUT2D eigenvalue weighted by molar-refractivity contribution is 6.14. The van der Waals surface area contributed by atoms with Crippen LogP contribution in [0.4, 0.5) is 17.1 Å². The van der Waals surface area contributed by atoms with Gasteiger partial charge in [0.1, 0.15) is 22.3 Å². The first kappa shape index (κ1) is 36.3. The van der Waals surface area contributed by atoms with Crippen molar-refractivity contribution in [3.63, 3.8) is 0 Å². The summed E-state index contributed by atoms with van der Waals surface area (Å²) >= 11 is 0. The fraction of sp³-hybridized carbons (Fsp3) is 0.0164. The molecule has 1 aliphatic rings. The minimum atomic E-state index is -0.547. The third-order valence-corrected chi connectivity index (χ3v) is 13.4. The number of fused-ring (bicyclic) bond motifs is 9. The van der Waals surface area contributed by atoms with Crippen molar-refractivity contribution in [3.05, 3.63) is 259 Å². The van der Waals surface area contributed by atoms with Gasteiger partial charge in [0.05, 0.1) is 16.5 Å². The van der Waals surface area contributed by atoms with E-state index in [4.69, 9.17) is 8.83 Å². The lowest BCUT2D eigenvalue weighted by atomic mass is 9.67. The molecular formula is C61H39NO2. The molecule has 0 saturated heterocycles. The van der Waals surface area contributed by atoms with E-state index in [2.05, 4.69) is 229 Å². The van der Waals surface area contributed by atoms with E-state index in [-0.39, 0.29) is 0 Å². The molecule has 2 aromatic heterocycles. The Morgan fingerprint density at radius 3 is 1.59 bits per heavy atom. The second kappa shape index (κ2) is 14.3. The minimum absolute atomic E-state index is 0.547. The molecule has 13 rings (SSSR count). The molecule has 0 aliphatic heterocycles. The highest BCUT2D eigenvalue weighted by Crippen LogP contribution is 2.57. The number of benzene rings is 10. The van der Waals surface area contributed by atoms with E-state index in [1.165, 1.54) is 38.9 Å². The van der Waals surface area contributed by atoms with E-state index in [1.807, 2.05) is 12.1 Å². The zero-order valence-electron chi connectivity index (χ0n) is 34.8. The molecule has 0 spiro atoms. The maximum atomic E-state index is 6.66. The molecule has 0 fully saturated rings. The average molecular weight is 818 g/mol. The molecule has 0 atom stereocenters. The van der Waals surface area contributed by atoms with Gasteiger partial charge in [-0.3, -0.25) is 0 Å². The van der Waals surface area contributed by atoms with Crippen LogP contribution >= 0.6 is 0 Å². The Labute approximate surface area is 370 Å². The van der Waals surface area contributed by atoms with Gasteiger partial charge in [-0.1, -0.05) is 170 Å². The van der Waals surface area contributed by atoms with Crippen molar-refractivity contribution in [3.8, 4) is 33.4 Å². The van der Waals surface area contributed by atoms with Crippen LogP contribution in [-0.2, 0) is 5.41 Å². The van der Waals surface area contributed by atoms with Gasteiger partial charge in [0.2, 0.25) is 0 Å². The van der Waals surface area contributed by atoms with E-state index in [1.54, 1.807) is 0 Å². The first-order valence-corrected chi connectivity index (χ1v) is 21.9. The molecule has 1 aliphatic carbocycles. The summed E-state index contributed by atoms with van der Waals surface area (Å²) < 4.78 is 12.9. The molecule has 0 unspecified atom stereocenters. The van der Waals surface area contributed by atoms with Gasteiger partial charge in [0, 0.05) is 27.5 Å². The maximum Gasteiger partial charge on any atom is 0.137 e. The van der Waals surface area contributed by atoms with E-state index >= 15 is 0 Å². The molecule has 0 bridgehead atoms. The molecule has 0 radical (unpaired) electrons. The predicted octanol–water partition coefficient (Wildman–Crippen LogP) is 16.7. The van der Waals surface area contributed by atoms with Crippen LogP contribution in [0, 0.1) is 0 Å². The van der Waals surface area contributed by atoms with Crippen LogP contribution in [0.5, 0.6) is 0 Å². The average Bonchev–Trinajstić information content (AvgIpc) is 4.03. The van der Waals surface area contributed by atoms with E-state index in [0.29, 0.717) is 0 Å². The Kier molecular flexibility index (Phi) is 8.13. The van der Waals surface area contributed by atoms with Gasteiger partial charge in [-0.05, 0) is 122 Å². The molecule has 0 N–H and O–H groups in total. The molecule has 10 aromatic carbocycles. The fourth-order valence-electron chi connectivity index (χ4n) is 10.5. The summed E-state index contributed by atoms with van der Waals surface area (Å²) in [4.78, 5) is 2.41. The number of rotatable bonds is 7. The lowest BCUT2D eigenvalue weighted by Crippen LogP contribution is -2.28. The normalized spacial score (nSPS) is 12.8. The molecule has 3 nitrogen and oxygen atoms in total. The van der Waals surface area contributed by atoms with Crippen molar-refractivity contribution < 1.29 is 8.83 Å². The Hall–Kier alpha value is -8.40. The van der Waals surface area contributed by atoms with Crippen LogP contribution in [-0.4, -0.2) is 0 Å². The van der Waals surface area contributed by atoms with Crippen LogP contribution in [0.3, 0.4) is 0 Å². The summed E-state index contributed by atoms with van der Waals surface area (Å²) in [6, 6.07) is 85.4. The fourth-order valence-corrected chi connectivity index (χ4v) is 10.5. The Morgan fingerprint density at radius 2 is 0.844 bits per heavy atom. The van der Waals surface area contributed by atoms with Crippen LogP contribution in [0.25, 0.3) is 77.3 Å². The van der Waals surface area contributed by atoms with Crippen LogP contribution < -0.4 is 4.90 Å². The summed E-state index contributed by atoms with van der Waals surface area (Å²) in [5, 5.41) is 4.38. The van der Waals surface area contributed by atoms with Gasteiger partial charge in [-0.25, -0.2) is 0 Å². The summed E-state index contributed by atoms with van der Waals surface area (Å²) in [5.41, 5.74) is 18.2. The van der Waals surface area contributed by atoms with Crippen LogP contribution in [0.15, 0.2) is 245 Å². The second-order valence-corrected chi connectivity index (χ2v) is 16.8. The summed E-state index contributed by atoms with van der Waals surface area (Å²) in [6.07, 6.45) is 0. The molecule has 0 amide bonds. The predicted molar refractivity (Wildman–Crippen MR) is 264 cm³/mol. The van der Waals surface area contributed by atoms with Crippen molar-refractivity contribution in [1.29, 1.82) is 0 Å². The molecular weight excluding hydrogens is 779 g/mol. The van der Waals surface area contributed by atoms with Crippen molar-refractivity contribution in [2.45, 2.75) is 5.41 Å². The first-order chi connectivity index (χ1) is 31.7. The first-order valence-electron chi connectivity index (χ1n) is 21.9. The van der Waals surface area contributed by atoms with E-state index < -0.39 is 5.41 Å². The van der Waals surface area contributed by atoms with Crippen molar-refractivity contribution in [1.82, 2.24) is 0 Å². The number of nitrogens with zero attached hydrogens (tertiary/aromatic N) is 1. The van der Waals surface area contributed by atoms with Crippen molar-refractivity contribution in [2.24, 2.45) is 0 Å². The zero-order valence-corrected chi connectivity index (χ0v) is 34.8. The Morgan fingerprint density at radius 1 is 0.312 bits per heavy atom. The molecule has 2 heterocycles. The highest BCUT2D eigenvalue weighted by Gasteiger charge is 2.46. The van der Waals surface area contributed by atoms with Gasteiger partial charge in [0.15, 0.2) is 0 Å². The van der Waals surface area contributed by atoms with Gasteiger partial charge in [-0.15, -0.1) is 0 Å². The monoisotopic (exact) mass is 817 g/mol. The van der Waals surface area contributed by atoms with Crippen LogP contribution in [0.1, 0.15) is 22.3 Å². The number of para-hydroxylation sites is 1. The standard InChI is InChI=1S/C61H39NO2/c1-3-15-40(16-4-1)43-32-36-58-52(38-43)60-55(26-14-28-59(60)64-58)62(46-33-29-41(30-34-46)42-31-35-57-51(37-42)50-23-9-12-27-56(50)63-57)47-20-13-19-45(39-47)61(44-17-5-2-6-18-44)53-24-10-7-21-48(53)49-22-8-11-25-54(49)61/h1-39H. The lowest BCUT2D eigenvalue weighted by molar-refractivity contribution is 0.668. The van der Waals surface area contributed by atoms with Gasteiger partial charge in [-0.2, -0.15) is 0 Å². The van der Waals surface area contributed by atoms with E-state index in [9.17, 15) is 0 Å². The number of hydrogen-bond donors (Lipinski definition) is 0. The summed E-state index contributed by atoms with van der Waals surface area (Å²) in [6.45, 7) is 0. The molecule has 3 heteroatoms. The summed E-state index contributed by atoms with van der Waals surface area (Å²) in [7, 11) is 0. The molecule has 64 heavy (non-hydrogen) atoms. The number of furan rings is 2. The third kappa shape index (κ3) is 5.47. The lowest BCUT2D eigenvalue weighted by Gasteiger charge is -2.35. The zero-order chi connectivity index (χ0) is 42.2. The van der Waals surface area contributed by atoms with Gasteiger partial charge >= 0.3 is 0 Å². The third-order valence-electron chi connectivity index (χ3n) is 13.4. The van der Waals surface area contributed by atoms with Gasteiger partial charge in [0.25, 0.3) is 0 Å². The number of anilines is 3. The topological polar surface area (TPSA) is 29.5 Å². The number of hydrogen-bond acceptors (Lipinski definition) is 3. The quantitative estimate of drug-likeness (QED) is 0.160. The molecule has 300 valence electrons. The summed E-state index contributed by atoms with van der Waals surface area (Å²) in [5.74, 6) is 0. The highest BCUT2D eigenvalue weighted by atomic mass is 16.3. The van der Waals surface area contributed by atoms with Crippen molar-refractivity contribution in [2.75, 3.05) is 4.90 Å². The smallest absolute Gasteiger partial charge is 0.137 e. The van der Waals surface area contributed by atoms with Crippen molar-refractivity contribution >= 4 is 60.9 Å². The van der Waals surface area contributed by atoms with Gasteiger partial charge < -0.3 is 13.7 Å². The second-order valence-electron chi connectivity index (χ2n) is 16.8.